The molecule has 0 fully saturated rings. The molecule has 0 aliphatic carbocycles. The summed E-state index contributed by atoms with van der Waals surface area (Å²) in [4.78, 5) is 1.04. The zero-order valence-electron chi connectivity index (χ0n) is 9.41. The van der Waals surface area contributed by atoms with Gasteiger partial charge in [-0.2, -0.15) is 0 Å². The Kier molecular flexibility index (Phi) is 3.41. The molecule has 0 aliphatic heterocycles. The molecule has 0 amide bonds. The summed E-state index contributed by atoms with van der Waals surface area (Å²) >= 11 is 7.49. The maximum absolute atomic E-state index is 6.17. The average molecular weight is 265 g/mol. The van der Waals surface area contributed by atoms with Crippen LogP contribution >= 0.6 is 22.9 Å². The Morgan fingerprint density at radius 3 is 2.35 bits per heavy atom. The molecular weight excluding hydrogens is 252 g/mol. The van der Waals surface area contributed by atoms with Crippen molar-refractivity contribution in [2.75, 3.05) is 0 Å². The first kappa shape index (κ1) is 12.0. The lowest BCUT2D eigenvalue weighted by Crippen LogP contribution is -2.32. The van der Waals surface area contributed by atoms with Crippen molar-refractivity contribution < 1.29 is 0 Å². The Labute approximate surface area is 109 Å². The molecular formula is C13H13ClN2S. The third-order valence-corrected chi connectivity index (χ3v) is 3.76. The maximum atomic E-state index is 6.17. The second kappa shape index (κ2) is 4.82. The molecule has 0 unspecified atom stereocenters. The molecule has 0 radical (unpaired) electrons. The maximum Gasteiger partial charge on any atom is 0.107 e. The van der Waals surface area contributed by atoms with E-state index in [9.17, 15) is 0 Å². The lowest BCUT2D eigenvalue weighted by atomic mass is 10.2. The minimum absolute atomic E-state index is 0.261. The number of nitrogens with two attached hydrogens (primary N) is 2. The van der Waals surface area contributed by atoms with E-state index in [4.69, 9.17) is 23.1 Å². The zero-order valence-corrected chi connectivity index (χ0v) is 11.0. The fourth-order valence-electron chi connectivity index (χ4n) is 1.63. The minimum Gasteiger partial charge on any atom is -0.397 e. The summed E-state index contributed by atoms with van der Waals surface area (Å²) in [6, 6.07) is 9.66. The normalized spacial score (nSPS) is 14.5. The first-order valence-electron chi connectivity index (χ1n) is 5.15. The van der Waals surface area contributed by atoms with Crippen molar-refractivity contribution in [2.45, 2.75) is 6.92 Å². The van der Waals surface area contributed by atoms with Crippen LogP contribution in [-0.4, -0.2) is 0 Å². The van der Waals surface area contributed by atoms with Gasteiger partial charge < -0.3 is 11.5 Å². The molecule has 4 N–H and O–H groups in total. The van der Waals surface area contributed by atoms with Crippen LogP contribution in [0.4, 0.5) is 0 Å². The van der Waals surface area contributed by atoms with E-state index in [2.05, 4.69) is 11.4 Å². The van der Waals surface area contributed by atoms with Gasteiger partial charge in [0.2, 0.25) is 0 Å². The first-order valence-corrected chi connectivity index (χ1v) is 6.41. The standard InChI is InChI=1S/C13H13ClN2S/c1-8-6-11(17-7-8)12(15)9-4-2-3-5-10(9)13(14)16/h2-7H,15-16H2,1H3/b12-9-,13-10-. The summed E-state index contributed by atoms with van der Waals surface area (Å²) in [6.07, 6.45) is 0. The van der Waals surface area contributed by atoms with Crippen LogP contribution in [0.1, 0.15) is 10.4 Å². The van der Waals surface area contributed by atoms with E-state index in [0.29, 0.717) is 5.70 Å². The highest BCUT2D eigenvalue weighted by molar-refractivity contribution is 7.11. The number of hydrogen-bond acceptors (Lipinski definition) is 3. The van der Waals surface area contributed by atoms with Gasteiger partial charge in [-0.05, 0) is 23.9 Å². The number of rotatable bonds is 1. The van der Waals surface area contributed by atoms with Gasteiger partial charge in [0, 0.05) is 10.4 Å². The molecule has 2 aromatic rings. The monoisotopic (exact) mass is 264 g/mol. The molecule has 0 bridgehead atoms. The lowest BCUT2D eigenvalue weighted by Gasteiger charge is -1.99. The van der Waals surface area contributed by atoms with Gasteiger partial charge >= 0.3 is 0 Å². The molecule has 2 nitrogen and oxygen atoms in total. The fourth-order valence-corrected chi connectivity index (χ4v) is 2.67. The number of halogens is 1. The van der Waals surface area contributed by atoms with Crippen molar-refractivity contribution in [1.82, 2.24) is 0 Å². The van der Waals surface area contributed by atoms with Crippen LogP contribution in [0.2, 0.25) is 0 Å². The van der Waals surface area contributed by atoms with Gasteiger partial charge in [-0.15, -0.1) is 11.3 Å². The summed E-state index contributed by atoms with van der Waals surface area (Å²) in [5.41, 5.74) is 13.7. The Morgan fingerprint density at radius 2 is 1.82 bits per heavy atom. The Bertz CT molecular complexity index is 654. The third-order valence-electron chi connectivity index (χ3n) is 2.47. The van der Waals surface area contributed by atoms with E-state index >= 15 is 0 Å². The molecule has 2 rings (SSSR count). The fraction of sp³-hybridized carbons (Fsp3) is 0.0769. The Morgan fingerprint density at radius 1 is 1.18 bits per heavy atom. The van der Waals surface area contributed by atoms with E-state index in [-0.39, 0.29) is 5.16 Å². The van der Waals surface area contributed by atoms with E-state index in [0.717, 1.165) is 15.3 Å². The van der Waals surface area contributed by atoms with Gasteiger partial charge in [-0.1, -0.05) is 35.9 Å². The van der Waals surface area contributed by atoms with E-state index in [1.807, 2.05) is 31.2 Å². The number of hydrogen-bond donors (Lipinski definition) is 2. The molecule has 1 heterocycles. The van der Waals surface area contributed by atoms with Crippen molar-refractivity contribution in [1.29, 1.82) is 0 Å². The molecule has 17 heavy (non-hydrogen) atoms. The van der Waals surface area contributed by atoms with Crippen LogP contribution in [0.15, 0.2) is 35.7 Å². The zero-order chi connectivity index (χ0) is 12.4. The predicted octanol–water partition coefficient (Wildman–Crippen LogP) is 1.43. The van der Waals surface area contributed by atoms with Crippen LogP contribution in [0.25, 0.3) is 10.9 Å². The largest absolute Gasteiger partial charge is 0.397 e. The highest BCUT2D eigenvalue weighted by Gasteiger charge is 2.02. The highest BCUT2D eigenvalue weighted by atomic mass is 35.5. The predicted molar refractivity (Wildman–Crippen MR) is 74.9 cm³/mol. The average Bonchev–Trinajstić information content (AvgIpc) is 2.75. The van der Waals surface area contributed by atoms with E-state index < -0.39 is 0 Å². The van der Waals surface area contributed by atoms with Crippen LogP contribution in [0, 0.1) is 6.92 Å². The summed E-state index contributed by atoms with van der Waals surface area (Å²) in [6.45, 7) is 2.04. The van der Waals surface area contributed by atoms with Crippen molar-refractivity contribution >= 4 is 33.8 Å². The summed E-state index contributed by atoms with van der Waals surface area (Å²) in [7, 11) is 0. The topological polar surface area (TPSA) is 52.0 Å². The van der Waals surface area contributed by atoms with Gasteiger partial charge in [0.1, 0.15) is 5.16 Å². The van der Waals surface area contributed by atoms with Gasteiger partial charge in [0.25, 0.3) is 0 Å². The quantitative estimate of drug-likeness (QED) is 0.766. The number of aryl methyl sites for hydroxylation is 1. The Hall–Kier alpha value is -1.45. The van der Waals surface area contributed by atoms with Gasteiger partial charge in [0.05, 0.1) is 10.6 Å². The van der Waals surface area contributed by atoms with Crippen molar-refractivity contribution in [3.8, 4) is 0 Å². The lowest BCUT2D eigenvalue weighted by molar-refractivity contribution is 1.41. The summed E-state index contributed by atoms with van der Waals surface area (Å²) < 4.78 is 0. The van der Waals surface area contributed by atoms with Crippen molar-refractivity contribution in [3.63, 3.8) is 0 Å². The molecule has 88 valence electrons. The molecule has 0 spiro atoms. The van der Waals surface area contributed by atoms with Crippen LogP contribution in [0.3, 0.4) is 0 Å². The smallest absolute Gasteiger partial charge is 0.107 e. The molecule has 0 saturated carbocycles. The highest BCUT2D eigenvalue weighted by Crippen LogP contribution is 2.17. The Balaban J connectivity index is 2.80. The minimum atomic E-state index is 0.261. The first-order chi connectivity index (χ1) is 8.09. The molecule has 1 aromatic heterocycles. The van der Waals surface area contributed by atoms with Crippen LogP contribution in [0.5, 0.6) is 0 Å². The van der Waals surface area contributed by atoms with Crippen molar-refractivity contribution in [3.05, 3.63) is 56.6 Å². The SMILES string of the molecule is Cc1csc(/C(N)=c2\cccc\c2=C(\N)Cl)c1. The van der Waals surface area contributed by atoms with Gasteiger partial charge in [-0.25, -0.2) is 0 Å². The number of benzene rings is 1. The second-order valence-electron chi connectivity index (χ2n) is 3.80. The summed E-state index contributed by atoms with van der Waals surface area (Å²) in [5.74, 6) is 0. The third kappa shape index (κ3) is 2.46. The van der Waals surface area contributed by atoms with E-state index in [1.54, 1.807) is 11.3 Å². The van der Waals surface area contributed by atoms with Crippen LogP contribution < -0.4 is 21.9 Å². The molecule has 1 aromatic carbocycles. The molecule has 4 heteroatoms. The van der Waals surface area contributed by atoms with E-state index in [1.165, 1.54) is 5.56 Å². The summed E-state index contributed by atoms with van der Waals surface area (Å²) in [5, 5.41) is 3.98. The molecule has 0 saturated heterocycles. The van der Waals surface area contributed by atoms with Crippen molar-refractivity contribution in [2.24, 2.45) is 11.5 Å². The second-order valence-corrected chi connectivity index (χ2v) is 5.11. The van der Waals surface area contributed by atoms with Gasteiger partial charge in [-0.3, -0.25) is 0 Å². The molecule has 0 aliphatic rings. The van der Waals surface area contributed by atoms with Crippen LogP contribution in [-0.2, 0) is 0 Å². The molecule has 0 atom stereocenters. The number of thiophene rings is 1. The van der Waals surface area contributed by atoms with Gasteiger partial charge in [0.15, 0.2) is 0 Å².